The highest BCUT2D eigenvalue weighted by molar-refractivity contribution is 8.00. The average molecular weight is 545 g/mol. The van der Waals surface area contributed by atoms with Gasteiger partial charge >= 0.3 is 0 Å². The van der Waals surface area contributed by atoms with E-state index in [-0.39, 0.29) is 23.9 Å². The summed E-state index contributed by atoms with van der Waals surface area (Å²) >= 11 is 1.30. The number of fused-ring (bicyclic) bond motifs is 2. The Balaban J connectivity index is 1.56. The van der Waals surface area contributed by atoms with Crippen LogP contribution in [0.2, 0.25) is 0 Å². The molecule has 0 radical (unpaired) electrons. The molecule has 0 saturated heterocycles. The number of ether oxygens (including phenoxy) is 1. The number of carbonyl (C=O) groups is 1. The average Bonchev–Trinajstić information content (AvgIpc) is 2.93. The van der Waals surface area contributed by atoms with Crippen molar-refractivity contribution in [1.82, 2.24) is 15.0 Å². The van der Waals surface area contributed by atoms with E-state index in [0.717, 1.165) is 22.4 Å². The van der Waals surface area contributed by atoms with Crippen molar-refractivity contribution in [1.29, 1.82) is 0 Å². The fourth-order valence-corrected chi connectivity index (χ4v) is 5.54. The largest absolute Gasteiger partial charge is 0.436 e. The molecule has 3 heterocycles. The third kappa shape index (κ3) is 5.37. The maximum absolute atomic E-state index is 14.8. The van der Waals surface area contributed by atoms with Crippen molar-refractivity contribution in [3.05, 3.63) is 88.0 Å². The van der Waals surface area contributed by atoms with Gasteiger partial charge in [0.15, 0.2) is 11.6 Å². The molecule has 39 heavy (non-hydrogen) atoms. The first kappa shape index (κ1) is 26.8. The molecule has 1 atom stereocenters. The standard InChI is InChI=1S/C30H29FN4O3S/c1-5-25(28(37)33-24-12-16(2)10-11-17(24)3)39-30-22-13-21-19(15-36)14-32-18(4)26(21)38-29(22)34-27(35-30)20-8-6-7-9-23(20)31/h6-12,14,25,36H,5,13,15H2,1-4H3,(H,33,37)/t25-/m1/s1. The van der Waals surface area contributed by atoms with Crippen LogP contribution in [0.25, 0.3) is 11.4 Å². The number of pyridine rings is 1. The second-order valence-electron chi connectivity index (χ2n) is 9.55. The predicted molar refractivity (Wildman–Crippen MR) is 150 cm³/mol. The number of aromatic nitrogens is 3. The highest BCUT2D eigenvalue weighted by atomic mass is 32.2. The number of aryl methyl sites for hydroxylation is 3. The summed E-state index contributed by atoms with van der Waals surface area (Å²) in [5.74, 6) is 0.395. The monoisotopic (exact) mass is 544 g/mol. The Kier molecular flexibility index (Phi) is 7.63. The number of thioether (sulfide) groups is 1. The fraction of sp³-hybridized carbons (Fsp3) is 0.267. The van der Waals surface area contributed by atoms with E-state index in [1.54, 1.807) is 24.4 Å². The number of halogens is 1. The molecule has 0 spiro atoms. The van der Waals surface area contributed by atoms with Crippen LogP contribution in [0, 0.1) is 26.6 Å². The van der Waals surface area contributed by atoms with Gasteiger partial charge in [0.05, 0.1) is 28.7 Å². The van der Waals surface area contributed by atoms with Crippen molar-refractivity contribution in [3.8, 4) is 23.0 Å². The molecular weight excluding hydrogens is 515 g/mol. The Morgan fingerprint density at radius 2 is 1.95 bits per heavy atom. The molecular formula is C30H29FN4O3S. The maximum atomic E-state index is 14.8. The van der Waals surface area contributed by atoms with Crippen LogP contribution in [0.5, 0.6) is 11.6 Å². The minimum atomic E-state index is -0.477. The molecule has 2 aromatic heterocycles. The van der Waals surface area contributed by atoms with Gasteiger partial charge in [-0.15, -0.1) is 0 Å². The molecule has 0 unspecified atom stereocenters. The number of nitrogens with zero attached hydrogens (tertiary/aromatic N) is 3. The van der Waals surface area contributed by atoms with Crippen LogP contribution in [0.1, 0.15) is 46.9 Å². The summed E-state index contributed by atoms with van der Waals surface area (Å²) < 4.78 is 21.0. The molecule has 0 saturated carbocycles. The second-order valence-corrected chi connectivity index (χ2v) is 10.7. The quantitative estimate of drug-likeness (QED) is 0.183. The van der Waals surface area contributed by atoms with Crippen LogP contribution >= 0.6 is 11.8 Å². The van der Waals surface area contributed by atoms with E-state index in [0.29, 0.717) is 46.3 Å². The third-order valence-corrected chi connectivity index (χ3v) is 8.13. The molecule has 1 amide bonds. The Labute approximate surface area is 230 Å². The van der Waals surface area contributed by atoms with E-state index in [9.17, 15) is 14.3 Å². The number of aliphatic hydroxyl groups is 1. The number of benzene rings is 2. The van der Waals surface area contributed by atoms with Crippen LogP contribution in [0.3, 0.4) is 0 Å². The van der Waals surface area contributed by atoms with Gasteiger partial charge in [-0.3, -0.25) is 9.78 Å². The number of nitrogens with one attached hydrogen (secondary N) is 1. The number of hydrogen-bond donors (Lipinski definition) is 2. The van der Waals surface area contributed by atoms with Crippen LogP contribution in [-0.4, -0.2) is 31.2 Å². The van der Waals surface area contributed by atoms with Gasteiger partial charge in [-0.05, 0) is 56.5 Å². The normalized spacial score (nSPS) is 12.8. The summed E-state index contributed by atoms with van der Waals surface area (Å²) in [4.78, 5) is 27.1. The number of hydrogen-bond acceptors (Lipinski definition) is 7. The lowest BCUT2D eigenvalue weighted by Crippen LogP contribution is -2.25. The second kappa shape index (κ2) is 11.1. The minimum absolute atomic E-state index is 0.149. The zero-order chi connectivity index (χ0) is 27.7. The van der Waals surface area contributed by atoms with E-state index in [2.05, 4.69) is 15.3 Å². The Morgan fingerprint density at radius 3 is 2.69 bits per heavy atom. The maximum Gasteiger partial charge on any atom is 0.237 e. The molecule has 1 aliphatic rings. The number of anilines is 1. The first-order valence-corrected chi connectivity index (χ1v) is 13.6. The molecule has 0 aliphatic carbocycles. The summed E-state index contributed by atoms with van der Waals surface area (Å²) in [6.45, 7) is 7.50. The molecule has 9 heteroatoms. The van der Waals surface area contributed by atoms with E-state index >= 15 is 0 Å². The van der Waals surface area contributed by atoms with Gasteiger partial charge in [0.1, 0.15) is 10.8 Å². The van der Waals surface area contributed by atoms with Gasteiger partial charge in [-0.2, -0.15) is 4.98 Å². The highest BCUT2D eigenvalue weighted by Gasteiger charge is 2.30. The molecule has 4 aromatic rings. The summed E-state index contributed by atoms with van der Waals surface area (Å²) in [7, 11) is 0. The van der Waals surface area contributed by atoms with Gasteiger partial charge in [0.25, 0.3) is 0 Å². The van der Waals surface area contributed by atoms with Crippen molar-refractivity contribution in [2.24, 2.45) is 0 Å². The topological polar surface area (TPSA) is 97.2 Å². The van der Waals surface area contributed by atoms with Crippen molar-refractivity contribution in [2.75, 3.05) is 5.32 Å². The lowest BCUT2D eigenvalue weighted by Gasteiger charge is -2.25. The number of amides is 1. The van der Waals surface area contributed by atoms with Crippen molar-refractivity contribution in [2.45, 2.75) is 57.4 Å². The van der Waals surface area contributed by atoms with Crippen LogP contribution in [0.15, 0.2) is 53.7 Å². The fourth-order valence-electron chi connectivity index (χ4n) is 4.50. The van der Waals surface area contributed by atoms with Crippen LogP contribution < -0.4 is 10.1 Å². The first-order chi connectivity index (χ1) is 18.8. The third-order valence-electron chi connectivity index (χ3n) is 6.74. The van der Waals surface area contributed by atoms with Crippen molar-refractivity contribution < 1.29 is 19.0 Å². The smallest absolute Gasteiger partial charge is 0.237 e. The number of aliphatic hydroxyl groups excluding tert-OH is 1. The number of rotatable bonds is 7. The summed E-state index contributed by atoms with van der Waals surface area (Å²) in [6.07, 6.45) is 2.56. The van der Waals surface area contributed by atoms with E-state index in [1.807, 2.05) is 45.9 Å². The van der Waals surface area contributed by atoms with Crippen molar-refractivity contribution >= 4 is 23.4 Å². The van der Waals surface area contributed by atoms with E-state index < -0.39 is 11.1 Å². The van der Waals surface area contributed by atoms with Gasteiger partial charge < -0.3 is 15.2 Å². The molecule has 5 rings (SSSR count). The van der Waals surface area contributed by atoms with Crippen LogP contribution in [-0.2, 0) is 17.8 Å². The zero-order valence-electron chi connectivity index (χ0n) is 22.2. The molecule has 7 nitrogen and oxygen atoms in total. The lowest BCUT2D eigenvalue weighted by atomic mass is 9.99. The van der Waals surface area contributed by atoms with E-state index in [4.69, 9.17) is 9.72 Å². The molecule has 2 aromatic carbocycles. The lowest BCUT2D eigenvalue weighted by molar-refractivity contribution is -0.115. The Bertz CT molecular complexity index is 1580. The minimum Gasteiger partial charge on any atom is -0.436 e. The number of carbonyl (C=O) groups excluding carboxylic acids is 1. The van der Waals surface area contributed by atoms with Gasteiger partial charge in [0, 0.05) is 29.4 Å². The predicted octanol–water partition coefficient (Wildman–Crippen LogP) is 6.30. The molecule has 1 aliphatic heterocycles. The molecule has 200 valence electrons. The first-order valence-electron chi connectivity index (χ1n) is 12.8. The van der Waals surface area contributed by atoms with E-state index in [1.165, 1.54) is 17.8 Å². The summed E-state index contributed by atoms with van der Waals surface area (Å²) in [6, 6.07) is 12.2. The zero-order valence-corrected chi connectivity index (χ0v) is 23.0. The summed E-state index contributed by atoms with van der Waals surface area (Å²) in [5, 5.41) is 13.1. The Hall–Kier alpha value is -3.82. The summed E-state index contributed by atoms with van der Waals surface area (Å²) in [5.41, 5.74) is 5.83. The van der Waals surface area contributed by atoms with Gasteiger partial charge in [-0.1, -0.05) is 43.0 Å². The van der Waals surface area contributed by atoms with Gasteiger partial charge in [-0.25, -0.2) is 9.37 Å². The van der Waals surface area contributed by atoms with Crippen LogP contribution in [0.4, 0.5) is 10.1 Å². The molecule has 0 fully saturated rings. The molecule has 0 bridgehead atoms. The SMILES string of the molecule is CC[C@@H](Sc1nc(-c2ccccc2F)nc2c1Cc1c(CO)cnc(C)c1O2)C(=O)Nc1cc(C)ccc1C. The Morgan fingerprint density at radius 1 is 1.15 bits per heavy atom. The van der Waals surface area contributed by atoms with Gasteiger partial charge in [0.2, 0.25) is 11.8 Å². The molecule has 2 N–H and O–H groups in total. The van der Waals surface area contributed by atoms with Crippen molar-refractivity contribution in [3.63, 3.8) is 0 Å². The highest BCUT2D eigenvalue weighted by Crippen LogP contribution is 2.44.